The second kappa shape index (κ2) is 10.3. The van der Waals surface area contributed by atoms with E-state index in [1.165, 1.54) is 11.3 Å². The number of aromatic nitrogens is 2. The molecule has 0 aliphatic carbocycles. The Balaban J connectivity index is 1.42. The summed E-state index contributed by atoms with van der Waals surface area (Å²) < 4.78 is 10.7. The molecular formula is C23H24ClN5O4S. The highest BCUT2D eigenvalue weighted by atomic mass is 35.5. The molecule has 0 saturated heterocycles. The summed E-state index contributed by atoms with van der Waals surface area (Å²) in [5.41, 5.74) is 2.24. The van der Waals surface area contributed by atoms with Gasteiger partial charge in [-0.3, -0.25) is 10.1 Å². The van der Waals surface area contributed by atoms with Crippen LogP contribution >= 0.6 is 22.9 Å². The summed E-state index contributed by atoms with van der Waals surface area (Å²) in [6, 6.07) is 9.42. The molecule has 2 aromatic carbocycles. The first kappa shape index (κ1) is 23.8. The van der Waals surface area contributed by atoms with Gasteiger partial charge in [-0.2, -0.15) is 0 Å². The topological polar surface area (TPSA) is 114 Å². The third-order valence-corrected chi connectivity index (χ3v) is 6.78. The molecule has 9 nitrogen and oxygen atoms in total. The lowest BCUT2D eigenvalue weighted by Crippen LogP contribution is -2.49. The van der Waals surface area contributed by atoms with Crippen molar-refractivity contribution in [3.63, 3.8) is 0 Å². The molecule has 1 aliphatic rings. The lowest BCUT2D eigenvalue weighted by atomic mass is 9.98. The van der Waals surface area contributed by atoms with Crippen molar-refractivity contribution in [2.75, 3.05) is 17.4 Å². The predicted molar refractivity (Wildman–Crippen MR) is 132 cm³/mol. The molecule has 11 heteroatoms. The van der Waals surface area contributed by atoms with E-state index in [4.69, 9.17) is 21.1 Å². The SMILES string of the molecule is CC[C@@H](C)[C@@H](NC(=O)Nc1ccc(C)c(Cl)c1)C(=O)Nc1nnc(-c2ccc3c(c2)OCO3)s1. The van der Waals surface area contributed by atoms with Crippen LogP contribution in [0.5, 0.6) is 11.5 Å². The molecule has 2 heterocycles. The second-order valence-corrected chi connectivity index (χ2v) is 9.28. The van der Waals surface area contributed by atoms with E-state index in [9.17, 15) is 9.59 Å². The molecule has 1 aliphatic heterocycles. The lowest BCUT2D eigenvalue weighted by molar-refractivity contribution is -0.119. The Morgan fingerprint density at radius 2 is 1.91 bits per heavy atom. The van der Waals surface area contributed by atoms with Crippen LogP contribution in [0.1, 0.15) is 25.8 Å². The Hall–Kier alpha value is -3.37. The van der Waals surface area contributed by atoms with Gasteiger partial charge in [0.15, 0.2) is 11.5 Å². The first-order valence-electron chi connectivity index (χ1n) is 10.7. The van der Waals surface area contributed by atoms with E-state index in [-0.39, 0.29) is 18.6 Å². The zero-order chi connectivity index (χ0) is 24.2. The molecule has 0 saturated carbocycles. The number of aryl methyl sites for hydroxylation is 1. The lowest BCUT2D eigenvalue weighted by Gasteiger charge is -2.23. The number of rotatable bonds is 7. The minimum absolute atomic E-state index is 0.117. The molecule has 3 aromatic rings. The van der Waals surface area contributed by atoms with Crippen LogP contribution in [-0.2, 0) is 4.79 Å². The van der Waals surface area contributed by atoms with Gasteiger partial charge in [0.1, 0.15) is 11.0 Å². The van der Waals surface area contributed by atoms with E-state index in [1.807, 2.05) is 39.0 Å². The van der Waals surface area contributed by atoms with E-state index in [1.54, 1.807) is 18.2 Å². The molecule has 34 heavy (non-hydrogen) atoms. The number of benzene rings is 2. The number of nitrogens with zero attached hydrogens (tertiary/aromatic N) is 2. The van der Waals surface area contributed by atoms with Crippen LogP contribution in [0.2, 0.25) is 5.02 Å². The molecule has 0 fully saturated rings. The Kier molecular flexibility index (Phi) is 7.18. The fourth-order valence-corrected chi connectivity index (χ4v) is 4.21. The monoisotopic (exact) mass is 501 g/mol. The van der Waals surface area contributed by atoms with Gasteiger partial charge in [0.25, 0.3) is 0 Å². The molecule has 0 spiro atoms. The van der Waals surface area contributed by atoms with E-state index in [2.05, 4.69) is 26.1 Å². The third-order valence-electron chi connectivity index (χ3n) is 5.49. The van der Waals surface area contributed by atoms with Crippen molar-refractivity contribution in [1.29, 1.82) is 0 Å². The summed E-state index contributed by atoms with van der Waals surface area (Å²) in [6.45, 7) is 5.91. The number of carbonyl (C=O) groups is 2. The average Bonchev–Trinajstić information content (AvgIpc) is 3.48. The maximum atomic E-state index is 13.0. The van der Waals surface area contributed by atoms with E-state index < -0.39 is 12.1 Å². The number of carbonyl (C=O) groups excluding carboxylic acids is 2. The van der Waals surface area contributed by atoms with Crippen LogP contribution in [0, 0.1) is 12.8 Å². The van der Waals surface area contributed by atoms with Crippen molar-refractivity contribution in [2.24, 2.45) is 5.92 Å². The molecule has 3 amide bonds. The first-order chi connectivity index (χ1) is 16.3. The summed E-state index contributed by atoms with van der Waals surface area (Å²) in [4.78, 5) is 25.6. The van der Waals surface area contributed by atoms with Gasteiger partial charge in [0.2, 0.25) is 17.8 Å². The highest BCUT2D eigenvalue weighted by Gasteiger charge is 2.27. The Labute approximate surface area is 205 Å². The largest absolute Gasteiger partial charge is 0.454 e. The molecule has 178 valence electrons. The van der Waals surface area contributed by atoms with Gasteiger partial charge in [-0.15, -0.1) is 10.2 Å². The van der Waals surface area contributed by atoms with E-state index in [0.717, 1.165) is 11.1 Å². The van der Waals surface area contributed by atoms with Crippen LogP contribution in [0.15, 0.2) is 36.4 Å². The Morgan fingerprint density at radius 3 is 2.68 bits per heavy atom. The van der Waals surface area contributed by atoms with Gasteiger partial charge in [-0.1, -0.05) is 49.3 Å². The van der Waals surface area contributed by atoms with Gasteiger partial charge < -0.3 is 20.1 Å². The van der Waals surface area contributed by atoms with Crippen LogP contribution in [0.25, 0.3) is 10.6 Å². The van der Waals surface area contributed by atoms with Gasteiger partial charge in [0, 0.05) is 16.3 Å². The highest BCUT2D eigenvalue weighted by Crippen LogP contribution is 2.37. The fourth-order valence-electron chi connectivity index (χ4n) is 3.28. The van der Waals surface area contributed by atoms with Crippen molar-refractivity contribution in [3.8, 4) is 22.1 Å². The standard InChI is InChI=1S/C23H24ClN5O4S/c1-4-12(2)19(26-22(31)25-15-7-5-13(3)16(24)10-15)20(30)27-23-29-28-21(34-23)14-6-8-17-18(9-14)33-11-32-17/h5-10,12,19H,4,11H2,1-3H3,(H2,25,26,31)(H,27,29,30)/t12-,19-/m1/s1. The molecule has 0 radical (unpaired) electrons. The summed E-state index contributed by atoms with van der Waals surface area (Å²) >= 11 is 7.36. The number of ether oxygens (including phenoxy) is 2. The minimum atomic E-state index is -0.774. The van der Waals surface area contributed by atoms with Crippen LogP contribution in [-0.4, -0.2) is 35.0 Å². The van der Waals surface area contributed by atoms with Gasteiger partial charge in [-0.25, -0.2) is 4.79 Å². The summed E-state index contributed by atoms with van der Waals surface area (Å²) in [5, 5.41) is 18.0. The number of fused-ring (bicyclic) bond motifs is 1. The maximum Gasteiger partial charge on any atom is 0.319 e. The number of urea groups is 1. The zero-order valence-corrected chi connectivity index (χ0v) is 20.4. The summed E-state index contributed by atoms with van der Waals surface area (Å²) in [5.74, 6) is 0.823. The van der Waals surface area contributed by atoms with Crippen molar-refractivity contribution >= 4 is 45.7 Å². The van der Waals surface area contributed by atoms with E-state index >= 15 is 0 Å². The minimum Gasteiger partial charge on any atom is -0.454 e. The number of hydrogen-bond donors (Lipinski definition) is 3. The van der Waals surface area contributed by atoms with Crippen LogP contribution in [0.3, 0.4) is 0 Å². The number of anilines is 2. The van der Waals surface area contributed by atoms with Gasteiger partial charge >= 0.3 is 6.03 Å². The normalized spacial score (nSPS) is 13.8. The molecule has 2 atom stereocenters. The Morgan fingerprint density at radius 1 is 1.12 bits per heavy atom. The highest BCUT2D eigenvalue weighted by molar-refractivity contribution is 7.18. The second-order valence-electron chi connectivity index (χ2n) is 7.90. The van der Waals surface area contributed by atoms with Gasteiger partial charge in [-0.05, 0) is 48.7 Å². The number of nitrogens with one attached hydrogen (secondary N) is 3. The number of amides is 3. The number of hydrogen-bond acceptors (Lipinski definition) is 7. The first-order valence-corrected chi connectivity index (χ1v) is 11.9. The molecule has 4 rings (SSSR count). The quantitative estimate of drug-likeness (QED) is 0.416. The summed E-state index contributed by atoms with van der Waals surface area (Å²) in [7, 11) is 0. The molecule has 3 N–H and O–H groups in total. The van der Waals surface area contributed by atoms with Crippen LogP contribution < -0.4 is 25.4 Å². The van der Waals surface area contributed by atoms with Gasteiger partial charge in [0.05, 0.1) is 0 Å². The number of halogens is 1. The smallest absolute Gasteiger partial charge is 0.319 e. The van der Waals surface area contributed by atoms with Crippen molar-refractivity contribution in [2.45, 2.75) is 33.2 Å². The predicted octanol–water partition coefficient (Wildman–Crippen LogP) is 5.07. The molecule has 0 unspecified atom stereocenters. The van der Waals surface area contributed by atoms with Crippen LogP contribution in [0.4, 0.5) is 15.6 Å². The molecule has 1 aromatic heterocycles. The maximum absolute atomic E-state index is 13.0. The zero-order valence-electron chi connectivity index (χ0n) is 18.8. The van der Waals surface area contributed by atoms with Crippen molar-refractivity contribution in [3.05, 3.63) is 47.0 Å². The molecule has 0 bridgehead atoms. The fraction of sp³-hybridized carbons (Fsp3) is 0.304. The Bertz CT molecular complexity index is 1220. The molecular weight excluding hydrogens is 478 g/mol. The average molecular weight is 502 g/mol. The van der Waals surface area contributed by atoms with E-state index in [0.29, 0.717) is 38.8 Å². The van der Waals surface area contributed by atoms with Crippen molar-refractivity contribution in [1.82, 2.24) is 15.5 Å². The summed E-state index contributed by atoms with van der Waals surface area (Å²) in [6.07, 6.45) is 0.688. The van der Waals surface area contributed by atoms with Crippen molar-refractivity contribution < 1.29 is 19.1 Å². The third kappa shape index (κ3) is 5.40.